The number of hydrogen-bond acceptors (Lipinski definition) is 7. The summed E-state index contributed by atoms with van der Waals surface area (Å²) < 4.78 is 18.3. The normalized spacial score (nSPS) is 18.3. The molecule has 1 saturated heterocycles. The lowest BCUT2D eigenvalue weighted by atomic mass is 9.78. The Labute approximate surface area is 313 Å². The van der Waals surface area contributed by atoms with Crippen molar-refractivity contribution < 1.29 is 34.3 Å². The number of benzene rings is 5. The van der Waals surface area contributed by atoms with Crippen molar-refractivity contribution in [3.8, 4) is 0 Å². The topological polar surface area (TPSA) is 117 Å². The molecular formula is C45H51NO7. The third-order valence-corrected chi connectivity index (χ3v) is 9.57. The van der Waals surface area contributed by atoms with Crippen LogP contribution in [0.5, 0.6) is 0 Å². The van der Waals surface area contributed by atoms with Crippen molar-refractivity contribution in [1.29, 1.82) is 0 Å². The summed E-state index contributed by atoms with van der Waals surface area (Å²) in [6.07, 6.45) is -1.92. The number of aliphatic hydroxyl groups is 2. The van der Waals surface area contributed by atoms with E-state index >= 15 is 0 Å². The van der Waals surface area contributed by atoms with Gasteiger partial charge in [-0.05, 0) is 33.4 Å². The van der Waals surface area contributed by atoms with Crippen LogP contribution in [-0.4, -0.2) is 67.4 Å². The zero-order valence-electron chi connectivity index (χ0n) is 30.5. The molecule has 4 N–H and O–H groups in total. The fourth-order valence-electron chi connectivity index (χ4n) is 6.97. The van der Waals surface area contributed by atoms with E-state index in [0.29, 0.717) is 44.5 Å². The van der Waals surface area contributed by atoms with Crippen LogP contribution in [0.2, 0.25) is 0 Å². The lowest BCUT2D eigenvalue weighted by Gasteiger charge is -2.41. The summed E-state index contributed by atoms with van der Waals surface area (Å²) in [7, 11) is 1.72. The smallest absolute Gasteiger partial charge is 0.337 e. The maximum atomic E-state index is 11.2. The average Bonchev–Trinajstić information content (AvgIpc) is 3.20. The Morgan fingerprint density at radius 3 is 1.75 bits per heavy atom. The highest BCUT2D eigenvalue weighted by Gasteiger charge is 2.40. The van der Waals surface area contributed by atoms with Gasteiger partial charge in [-0.25, -0.2) is 4.79 Å². The van der Waals surface area contributed by atoms with Crippen molar-refractivity contribution in [2.75, 3.05) is 40.0 Å². The molecule has 6 rings (SSSR count). The number of carbonyl (C=O) groups is 1. The molecule has 5 aromatic carbocycles. The number of aliphatic hydroxyl groups excluding tert-OH is 2. The molecule has 1 fully saturated rings. The number of carboxylic acid groups (broad SMARTS) is 1. The number of carboxylic acids is 1. The number of ether oxygens (including phenoxy) is 3. The molecule has 0 bridgehead atoms. The van der Waals surface area contributed by atoms with Crippen LogP contribution in [0.15, 0.2) is 146 Å². The van der Waals surface area contributed by atoms with E-state index < -0.39 is 23.8 Å². The third kappa shape index (κ3) is 10.5. The summed E-state index contributed by atoms with van der Waals surface area (Å²) in [5.74, 6) is -0.852. The van der Waals surface area contributed by atoms with Gasteiger partial charge in [-0.1, -0.05) is 153 Å². The number of rotatable bonds is 15. The van der Waals surface area contributed by atoms with E-state index in [1.807, 2.05) is 18.2 Å². The SMILES string of the molecule is COC[C@H](C)COCc1ccc([C@H]2[C@H](COC(c3ccccc3)(c3ccccc3)c3ccccc3)CNC[C@@H]2O)cc1.O=C(O)[C@@H](O)c1ccccc1. The Balaban J connectivity index is 0.000000422. The van der Waals surface area contributed by atoms with Crippen LogP contribution in [0.4, 0.5) is 0 Å². The van der Waals surface area contributed by atoms with Gasteiger partial charge in [-0.2, -0.15) is 0 Å². The maximum Gasteiger partial charge on any atom is 0.337 e. The quantitative estimate of drug-likeness (QED) is 0.0860. The van der Waals surface area contributed by atoms with E-state index in [9.17, 15) is 9.90 Å². The number of methoxy groups -OCH3 is 1. The standard InChI is InChI=1S/C37H43NO4.C8H8O3/c1-28(24-40-2)25-41-26-29-18-20-30(21-19-29)36-31(22-38-23-35(36)39)27-42-37(32-12-6-3-7-13-32,33-14-8-4-9-15-33)34-16-10-5-11-17-34;9-7(8(10)11)6-4-2-1-3-5-6/h3-21,28,31,35-36,38-39H,22-27H2,1-2H3;1-5,7,9H,(H,10,11)/t28-,31-,35-,36-;7-/m00/s1. The van der Waals surface area contributed by atoms with Crippen LogP contribution in [0.25, 0.3) is 0 Å². The fourth-order valence-corrected chi connectivity index (χ4v) is 6.97. The van der Waals surface area contributed by atoms with Crippen molar-refractivity contribution in [3.63, 3.8) is 0 Å². The molecule has 0 saturated carbocycles. The van der Waals surface area contributed by atoms with Gasteiger partial charge in [0.05, 0.1) is 32.5 Å². The van der Waals surface area contributed by atoms with E-state index in [1.54, 1.807) is 37.4 Å². The Kier molecular flexibility index (Phi) is 14.9. The zero-order chi connectivity index (χ0) is 37.5. The van der Waals surface area contributed by atoms with Crippen LogP contribution in [0.1, 0.15) is 52.3 Å². The molecule has 8 nitrogen and oxygen atoms in total. The molecule has 53 heavy (non-hydrogen) atoms. The molecule has 1 aliphatic rings. The molecule has 1 aliphatic heterocycles. The predicted molar refractivity (Wildman–Crippen MR) is 206 cm³/mol. The van der Waals surface area contributed by atoms with Crippen molar-refractivity contribution in [3.05, 3.63) is 179 Å². The van der Waals surface area contributed by atoms with Crippen LogP contribution in [0, 0.1) is 11.8 Å². The van der Waals surface area contributed by atoms with E-state index in [1.165, 1.54) is 0 Å². The van der Waals surface area contributed by atoms with Crippen LogP contribution < -0.4 is 5.32 Å². The summed E-state index contributed by atoms with van der Waals surface area (Å²) in [6, 6.07) is 48.1. The van der Waals surface area contributed by atoms with Crippen LogP contribution in [-0.2, 0) is 31.2 Å². The lowest BCUT2D eigenvalue weighted by molar-refractivity contribution is -0.146. The summed E-state index contributed by atoms with van der Waals surface area (Å²) in [6.45, 7) is 5.82. The second-order valence-electron chi connectivity index (χ2n) is 13.6. The van der Waals surface area contributed by atoms with Gasteiger partial charge in [-0.15, -0.1) is 0 Å². The minimum Gasteiger partial charge on any atom is -0.479 e. The number of piperidine rings is 1. The Bertz CT molecular complexity index is 1680. The van der Waals surface area contributed by atoms with Gasteiger partial charge in [-0.3, -0.25) is 0 Å². The van der Waals surface area contributed by atoms with Crippen molar-refractivity contribution in [2.24, 2.45) is 11.8 Å². The first-order chi connectivity index (χ1) is 25.8. The minimum absolute atomic E-state index is 0.0528. The second kappa shape index (κ2) is 20.0. The lowest BCUT2D eigenvalue weighted by Crippen LogP contribution is -2.48. The molecule has 5 atom stereocenters. The number of nitrogens with one attached hydrogen (secondary N) is 1. The fraction of sp³-hybridized carbons (Fsp3) is 0.311. The van der Waals surface area contributed by atoms with Gasteiger partial charge in [0.25, 0.3) is 0 Å². The molecule has 0 radical (unpaired) electrons. The van der Waals surface area contributed by atoms with Gasteiger partial charge >= 0.3 is 5.97 Å². The summed E-state index contributed by atoms with van der Waals surface area (Å²) in [5, 5.41) is 32.1. The molecule has 0 spiro atoms. The number of hydrogen-bond donors (Lipinski definition) is 4. The Morgan fingerprint density at radius 2 is 1.26 bits per heavy atom. The molecule has 0 amide bonds. The highest BCUT2D eigenvalue weighted by Crippen LogP contribution is 2.42. The summed E-state index contributed by atoms with van der Waals surface area (Å²) in [4.78, 5) is 10.2. The first kappa shape index (κ1) is 39.5. The highest BCUT2D eigenvalue weighted by molar-refractivity contribution is 5.73. The van der Waals surface area contributed by atoms with Crippen LogP contribution in [0.3, 0.4) is 0 Å². The highest BCUT2D eigenvalue weighted by atomic mass is 16.5. The molecule has 5 aromatic rings. The molecule has 278 valence electrons. The van der Waals surface area contributed by atoms with E-state index in [2.05, 4.69) is 109 Å². The van der Waals surface area contributed by atoms with Crippen molar-refractivity contribution in [2.45, 2.75) is 37.3 Å². The average molecular weight is 718 g/mol. The maximum absolute atomic E-state index is 11.2. The van der Waals surface area contributed by atoms with Gasteiger partial charge in [0.2, 0.25) is 0 Å². The van der Waals surface area contributed by atoms with Gasteiger partial charge in [0.1, 0.15) is 5.60 Å². The Morgan fingerprint density at radius 1 is 0.755 bits per heavy atom. The van der Waals surface area contributed by atoms with Gasteiger partial charge < -0.3 is 34.8 Å². The van der Waals surface area contributed by atoms with Crippen molar-refractivity contribution >= 4 is 5.97 Å². The van der Waals surface area contributed by atoms with Gasteiger partial charge in [0.15, 0.2) is 6.10 Å². The summed E-state index contributed by atoms with van der Waals surface area (Å²) in [5.41, 5.74) is 5.08. The molecule has 1 heterocycles. The van der Waals surface area contributed by atoms with Crippen LogP contribution >= 0.6 is 0 Å². The first-order valence-corrected chi connectivity index (χ1v) is 18.1. The van der Waals surface area contributed by atoms with E-state index in [-0.39, 0.29) is 11.8 Å². The van der Waals surface area contributed by atoms with E-state index in [0.717, 1.165) is 34.4 Å². The second-order valence-corrected chi connectivity index (χ2v) is 13.6. The molecular weight excluding hydrogens is 666 g/mol. The zero-order valence-corrected chi connectivity index (χ0v) is 30.5. The summed E-state index contributed by atoms with van der Waals surface area (Å²) >= 11 is 0. The minimum atomic E-state index is -1.41. The Hall–Kier alpha value is -4.67. The molecule has 0 unspecified atom stereocenters. The number of β-amino-alcohol motifs (C(OH)–C–C–N with tert-alkyl or cyclic N) is 1. The molecule has 8 heteroatoms. The van der Waals surface area contributed by atoms with Crippen molar-refractivity contribution in [1.82, 2.24) is 5.32 Å². The molecule has 0 aromatic heterocycles. The first-order valence-electron chi connectivity index (χ1n) is 18.1. The number of aliphatic carboxylic acids is 1. The predicted octanol–water partition coefficient (Wildman–Crippen LogP) is 6.96. The van der Waals surface area contributed by atoms with Gasteiger partial charge in [0, 0.05) is 38.0 Å². The third-order valence-electron chi connectivity index (χ3n) is 9.57. The monoisotopic (exact) mass is 717 g/mol. The van der Waals surface area contributed by atoms with E-state index in [4.69, 9.17) is 24.4 Å². The largest absolute Gasteiger partial charge is 0.479 e. The molecule has 0 aliphatic carbocycles.